The van der Waals surface area contributed by atoms with Crippen molar-refractivity contribution in [3.63, 3.8) is 0 Å². The van der Waals surface area contributed by atoms with Crippen LogP contribution in [0.3, 0.4) is 0 Å². The lowest BCUT2D eigenvalue weighted by Crippen LogP contribution is -1.95. The lowest BCUT2D eigenvalue weighted by Gasteiger charge is -2.19. The monoisotopic (exact) mass is 584 g/mol. The van der Waals surface area contributed by atoms with Crippen LogP contribution in [0.15, 0.2) is 170 Å². The van der Waals surface area contributed by atoms with E-state index in [-0.39, 0.29) is 0 Å². The Morgan fingerprint density at radius 3 is 1.04 bits per heavy atom. The van der Waals surface area contributed by atoms with E-state index in [1.165, 1.54) is 54.7 Å². The van der Waals surface area contributed by atoms with E-state index in [4.69, 9.17) is 9.97 Å². The molecule has 2 heteroatoms. The Kier molecular flexibility index (Phi) is 6.17. The van der Waals surface area contributed by atoms with Crippen LogP contribution in [0.5, 0.6) is 0 Å². The first-order valence-corrected chi connectivity index (χ1v) is 15.7. The van der Waals surface area contributed by atoms with Crippen molar-refractivity contribution in [1.29, 1.82) is 0 Å². The van der Waals surface area contributed by atoms with Gasteiger partial charge in [-0.1, -0.05) is 158 Å². The molecule has 0 bridgehead atoms. The van der Waals surface area contributed by atoms with E-state index < -0.39 is 0 Å². The van der Waals surface area contributed by atoms with E-state index >= 15 is 0 Å². The zero-order chi connectivity index (χ0) is 30.5. The summed E-state index contributed by atoms with van der Waals surface area (Å²) in [5.41, 5.74) is 11.4. The lowest BCUT2D eigenvalue weighted by atomic mass is 9.85. The van der Waals surface area contributed by atoms with Gasteiger partial charge in [-0.2, -0.15) is 0 Å². The highest BCUT2D eigenvalue weighted by Crippen LogP contribution is 2.46. The minimum Gasteiger partial charge on any atom is -0.252 e. The average Bonchev–Trinajstić information content (AvgIpc) is 3.14. The fourth-order valence-corrected chi connectivity index (χ4v) is 7.22. The first kappa shape index (κ1) is 26.3. The van der Waals surface area contributed by atoms with Crippen LogP contribution in [-0.4, -0.2) is 9.97 Å². The Balaban J connectivity index is 1.31. The highest BCUT2D eigenvalue weighted by molar-refractivity contribution is 6.22. The summed E-state index contributed by atoms with van der Waals surface area (Å²) >= 11 is 0. The molecular weight excluding hydrogens is 556 g/mol. The van der Waals surface area contributed by atoms with Crippen LogP contribution in [0, 0.1) is 0 Å². The van der Waals surface area contributed by atoms with Gasteiger partial charge in [0.15, 0.2) is 0 Å². The highest BCUT2D eigenvalue weighted by atomic mass is 14.8. The number of benzene rings is 8. The molecule has 9 aromatic rings. The van der Waals surface area contributed by atoms with E-state index in [1.807, 2.05) is 0 Å². The summed E-state index contributed by atoms with van der Waals surface area (Å²) in [5, 5.41) is 7.31. The fraction of sp³-hybridized carbons (Fsp3) is 0. The maximum atomic E-state index is 4.90. The van der Waals surface area contributed by atoms with Gasteiger partial charge < -0.3 is 0 Å². The first-order chi connectivity index (χ1) is 22.9. The van der Waals surface area contributed by atoms with Crippen LogP contribution in [0.4, 0.5) is 0 Å². The third-order valence-corrected chi connectivity index (χ3v) is 9.16. The van der Waals surface area contributed by atoms with Gasteiger partial charge in [-0.15, -0.1) is 0 Å². The maximum Gasteiger partial charge on any atom is 0.0977 e. The van der Waals surface area contributed by atoms with E-state index in [2.05, 4.69) is 158 Å². The predicted octanol–water partition coefficient (Wildman–Crippen LogP) is 11.8. The molecule has 0 N–H and O–H groups in total. The van der Waals surface area contributed by atoms with E-state index in [0.29, 0.717) is 0 Å². The molecule has 0 saturated carbocycles. The van der Waals surface area contributed by atoms with Crippen LogP contribution >= 0.6 is 0 Å². The molecule has 9 rings (SSSR count). The average molecular weight is 585 g/mol. The second kappa shape index (κ2) is 10.8. The van der Waals surface area contributed by atoms with E-state index in [1.54, 1.807) is 12.4 Å². The standard InChI is InChI=1S/C44H28N2/c1-3-13-29(14-4-1)39-33-17-7-9-19-35(33)40(36-20-10-8-18-34(36)39)31-23-25-32(26-24-31)41-37-21-11-12-22-38(37)43-44(46-28-27-45-43)42(41)30-15-5-2-6-16-30/h1-28H. The smallest absolute Gasteiger partial charge is 0.0977 e. The molecule has 8 aromatic carbocycles. The maximum absolute atomic E-state index is 4.90. The van der Waals surface area contributed by atoms with Gasteiger partial charge in [0.2, 0.25) is 0 Å². The number of aromatic nitrogens is 2. The van der Waals surface area contributed by atoms with Gasteiger partial charge in [0.05, 0.1) is 11.0 Å². The van der Waals surface area contributed by atoms with Crippen molar-refractivity contribution in [2.24, 2.45) is 0 Å². The number of rotatable bonds is 4. The van der Waals surface area contributed by atoms with Crippen molar-refractivity contribution < 1.29 is 0 Å². The van der Waals surface area contributed by atoms with Gasteiger partial charge in [0.1, 0.15) is 0 Å². The molecule has 46 heavy (non-hydrogen) atoms. The van der Waals surface area contributed by atoms with Crippen molar-refractivity contribution in [2.75, 3.05) is 0 Å². The van der Waals surface area contributed by atoms with Crippen molar-refractivity contribution in [3.8, 4) is 44.5 Å². The molecule has 0 aliphatic rings. The van der Waals surface area contributed by atoms with Crippen LogP contribution in [-0.2, 0) is 0 Å². The SMILES string of the molecule is c1ccc(-c2c3ccccc3c(-c3ccc(-c4c(-c5ccccc5)c5nccnc5c5ccccc45)cc3)c3ccccc23)cc1. The minimum atomic E-state index is 0.917. The zero-order valence-corrected chi connectivity index (χ0v) is 25.1. The molecule has 0 aliphatic carbocycles. The first-order valence-electron chi connectivity index (χ1n) is 15.7. The summed E-state index contributed by atoms with van der Waals surface area (Å²) in [6, 6.07) is 56.7. The lowest BCUT2D eigenvalue weighted by molar-refractivity contribution is 1.30. The van der Waals surface area contributed by atoms with Gasteiger partial charge in [0, 0.05) is 23.3 Å². The molecule has 0 amide bonds. The van der Waals surface area contributed by atoms with Crippen molar-refractivity contribution in [1.82, 2.24) is 9.97 Å². The molecule has 2 nitrogen and oxygen atoms in total. The third-order valence-electron chi connectivity index (χ3n) is 9.16. The number of hydrogen-bond acceptors (Lipinski definition) is 2. The Morgan fingerprint density at radius 1 is 0.239 bits per heavy atom. The molecule has 1 heterocycles. The molecule has 0 radical (unpaired) electrons. The molecule has 0 fully saturated rings. The van der Waals surface area contributed by atoms with Crippen molar-refractivity contribution in [2.45, 2.75) is 0 Å². The molecule has 1 aromatic heterocycles. The summed E-state index contributed by atoms with van der Waals surface area (Å²) in [6.07, 6.45) is 3.58. The summed E-state index contributed by atoms with van der Waals surface area (Å²) in [4.78, 5) is 9.71. The summed E-state index contributed by atoms with van der Waals surface area (Å²) in [6.45, 7) is 0. The van der Waals surface area contributed by atoms with Gasteiger partial charge >= 0.3 is 0 Å². The van der Waals surface area contributed by atoms with Crippen molar-refractivity contribution >= 4 is 43.4 Å². The Hall–Kier alpha value is -6.12. The Bertz CT molecular complexity index is 2500. The normalized spacial score (nSPS) is 11.5. The molecule has 0 spiro atoms. The number of nitrogens with zero attached hydrogens (tertiary/aromatic N) is 2. The molecule has 0 aliphatic heterocycles. The fourth-order valence-electron chi connectivity index (χ4n) is 7.22. The van der Waals surface area contributed by atoms with Crippen LogP contribution < -0.4 is 0 Å². The summed E-state index contributed by atoms with van der Waals surface area (Å²) < 4.78 is 0. The zero-order valence-electron chi connectivity index (χ0n) is 25.1. The highest BCUT2D eigenvalue weighted by Gasteiger charge is 2.20. The van der Waals surface area contributed by atoms with Gasteiger partial charge in [-0.25, -0.2) is 0 Å². The van der Waals surface area contributed by atoms with Crippen LogP contribution in [0.25, 0.3) is 87.9 Å². The van der Waals surface area contributed by atoms with Gasteiger partial charge in [-0.3, -0.25) is 9.97 Å². The largest absolute Gasteiger partial charge is 0.252 e. The quantitative estimate of drug-likeness (QED) is 0.152. The predicted molar refractivity (Wildman–Crippen MR) is 194 cm³/mol. The summed E-state index contributed by atoms with van der Waals surface area (Å²) in [5.74, 6) is 0. The Morgan fingerprint density at radius 2 is 0.565 bits per heavy atom. The molecule has 0 atom stereocenters. The topological polar surface area (TPSA) is 25.8 Å². The Labute approximate surface area is 267 Å². The van der Waals surface area contributed by atoms with E-state index in [0.717, 1.165) is 33.1 Å². The number of hydrogen-bond donors (Lipinski definition) is 0. The third kappa shape index (κ3) is 4.12. The summed E-state index contributed by atoms with van der Waals surface area (Å²) in [7, 11) is 0. The van der Waals surface area contributed by atoms with E-state index in [9.17, 15) is 0 Å². The molecular formula is C44H28N2. The minimum absolute atomic E-state index is 0.917. The molecule has 214 valence electrons. The number of fused-ring (bicyclic) bond motifs is 5. The van der Waals surface area contributed by atoms with Crippen molar-refractivity contribution in [3.05, 3.63) is 170 Å². The van der Waals surface area contributed by atoms with Crippen LogP contribution in [0.2, 0.25) is 0 Å². The second-order valence-corrected chi connectivity index (χ2v) is 11.7. The second-order valence-electron chi connectivity index (χ2n) is 11.7. The van der Waals surface area contributed by atoms with Gasteiger partial charge in [-0.05, 0) is 65.9 Å². The molecule has 0 unspecified atom stereocenters. The molecule has 0 saturated heterocycles. The van der Waals surface area contributed by atoms with Gasteiger partial charge in [0.25, 0.3) is 0 Å². The van der Waals surface area contributed by atoms with Crippen LogP contribution in [0.1, 0.15) is 0 Å².